The van der Waals surface area contributed by atoms with Gasteiger partial charge in [-0.3, -0.25) is 9.36 Å². The minimum atomic E-state index is -2.77. The van der Waals surface area contributed by atoms with Crippen molar-refractivity contribution in [2.24, 2.45) is 5.92 Å². The SMILES string of the molecule is CC(C)(C)[Si](OC[C@H]1C[C@H](n2ccc(NC(=O)c3ccccc3)nc2=O)O[C@@H]1CCO)(c1ccccc1)c1ccccc1. The molecule has 0 bridgehead atoms. The fraction of sp³-hybridized carbons (Fsp3) is 0.324. The average Bonchev–Trinajstić information content (AvgIpc) is 3.40. The summed E-state index contributed by atoms with van der Waals surface area (Å²) in [5.41, 5.74) is -0.0460. The maximum absolute atomic E-state index is 13.1. The number of hydrogen-bond donors (Lipinski definition) is 2. The average molecular weight is 598 g/mol. The molecule has 1 aliphatic heterocycles. The van der Waals surface area contributed by atoms with E-state index in [2.05, 4.69) is 79.6 Å². The summed E-state index contributed by atoms with van der Waals surface area (Å²) in [7, 11) is -2.77. The second-order valence-corrected chi connectivity index (χ2v) is 16.2. The quantitative estimate of drug-likeness (QED) is 0.264. The first-order chi connectivity index (χ1) is 20.7. The van der Waals surface area contributed by atoms with Crippen molar-refractivity contribution >= 4 is 30.4 Å². The number of carbonyl (C=O) groups excluding carboxylic acids is 1. The molecule has 1 saturated heterocycles. The van der Waals surface area contributed by atoms with E-state index in [1.165, 1.54) is 14.9 Å². The highest BCUT2D eigenvalue weighted by Crippen LogP contribution is 2.40. The summed E-state index contributed by atoms with van der Waals surface area (Å²) in [6.45, 7) is 7.09. The van der Waals surface area contributed by atoms with Crippen LogP contribution in [0, 0.1) is 5.92 Å². The van der Waals surface area contributed by atoms with Crippen LogP contribution in [-0.2, 0) is 9.16 Å². The van der Waals surface area contributed by atoms with Crippen molar-refractivity contribution < 1.29 is 19.1 Å². The number of anilines is 1. The standard InChI is InChI=1S/C34H39N3O5Si/c1-34(2,3)43(27-15-9-5-10-16-27,28-17-11-6-12-18-28)41-24-26-23-31(42-29(26)20-22-38)37-21-19-30(36-33(37)40)35-32(39)25-13-7-4-8-14-25/h4-19,21,26,29,31,38H,20,22-24H2,1-3H3,(H,35,36,39,40)/t26-,29-,31-/m1/s1. The first-order valence-corrected chi connectivity index (χ1v) is 16.6. The third-order valence-corrected chi connectivity index (χ3v) is 13.1. The van der Waals surface area contributed by atoms with Gasteiger partial charge in [0.25, 0.3) is 14.2 Å². The number of nitrogens with one attached hydrogen (secondary N) is 1. The van der Waals surface area contributed by atoms with E-state index in [9.17, 15) is 14.7 Å². The maximum Gasteiger partial charge on any atom is 0.351 e. The molecule has 0 saturated carbocycles. The number of ether oxygens (including phenoxy) is 1. The highest BCUT2D eigenvalue weighted by molar-refractivity contribution is 6.99. The molecule has 2 heterocycles. The summed E-state index contributed by atoms with van der Waals surface area (Å²) in [6.07, 6.45) is 1.70. The van der Waals surface area contributed by atoms with Gasteiger partial charge in [-0.25, -0.2) is 4.79 Å². The van der Waals surface area contributed by atoms with Gasteiger partial charge in [0.1, 0.15) is 12.0 Å². The Kier molecular flexibility index (Phi) is 9.36. The van der Waals surface area contributed by atoms with Crippen LogP contribution in [0.15, 0.2) is 108 Å². The Hall–Kier alpha value is -3.89. The fourth-order valence-electron chi connectivity index (χ4n) is 6.04. The van der Waals surface area contributed by atoms with Gasteiger partial charge in [0.15, 0.2) is 0 Å². The molecular formula is C34H39N3O5Si. The van der Waals surface area contributed by atoms with Crippen molar-refractivity contribution in [1.29, 1.82) is 0 Å². The summed E-state index contributed by atoms with van der Waals surface area (Å²) < 4.78 is 15.0. The number of hydrogen-bond acceptors (Lipinski definition) is 6. The molecular weight excluding hydrogens is 558 g/mol. The molecule has 1 aromatic heterocycles. The molecule has 8 nitrogen and oxygen atoms in total. The van der Waals surface area contributed by atoms with E-state index in [1.54, 1.807) is 36.5 Å². The second kappa shape index (κ2) is 13.2. The zero-order valence-corrected chi connectivity index (χ0v) is 25.9. The van der Waals surface area contributed by atoms with Gasteiger partial charge in [0.2, 0.25) is 0 Å². The number of carbonyl (C=O) groups is 1. The van der Waals surface area contributed by atoms with Crippen LogP contribution in [0.4, 0.5) is 5.82 Å². The first-order valence-electron chi connectivity index (χ1n) is 14.7. The molecule has 3 aromatic carbocycles. The van der Waals surface area contributed by atoms with Crippen LogP contribution in [0.3, 0.4) is 0 Å². The summed E-state index contributed by atoms with van der Waals surface area (Å²) in [4.78, 5) is 29.7. The van der Waals surface area contributed by atoms with Crippen LogP contribution >= 0.6 is 0 Å². The molecule has 4 aromatic rings. The number of nitrogens with zero attached hydrogens (tertiary/aromatic N) is 2. The minimum Gasteiger partial charge on any atom is -0.407 e. The van der Waals surface area contributed by atoms with Gasteiger partial charge in [-0.15, -0.1) is 0 Å². The van der Waals surface area contributed by atoms with Crippen molar-refractivity contribution in [3.05, 3.63) is 119 Å². The van der Waals surface area contributed by atoms with Gasteiger partial charge in [-0.2, -0.15) is 4.98 Å². The zero-order chi connectivity index (χ0) is 30.5. The summed E-state index contributed by atoms with van der Waals surface area (Å²) in [6, 6.07) is 31.3. The van der Waals surface area contributed by atoms with Gasteiger partial charge in [0, 0.05) is 37.3 Å². The lowest BCUT2D eigenvalue weighted by atomic mass is 10.00. The van der Waals surface area contributed by atoms with Gasteiger partial charge in [0.05, 0.1) is 6.10 Å². The van der Waals surface area contributed by atoms with Crippen molar-refractivity contribution in [3.63, 3.8) is 0 Å². The van der Waals surface area contributed by atoms with Crippen molar-refractivity contribution in [2.45, 2.75) is 51.0 Å². The number of rotatable bonds is 10. The van der Waals surface area contributed by atoms with E-state index in [4.69, 9.17) is 9.16 Å². The van der Waals surface area contributed by atoms with Crippen LogP contribution in [0.5, 0.6) is 0 Å². The van der Waals surface area contributed by atoms with E-state index < -0.39 is 20.2 Å². The lowest BCUT2D eigenvalue weighted by molar-refractivity contribution is -0.0207. The Morgan fingerprint density at radius 1 is 0.977 bits per heavy atom. The van der Waals surface area contributed by atoms with E-state index in [-0.39, 0.29) is 35.4 Å². The maximum atomic E-state index is 13.1. The van der Waals surface area contributed by atoms with Crippen LogP contribution in [0.1, 0.15) is 50.2 Å². The summed E-state index contributed by atoms with van der Waals surface area (Å²) in [5, 5.41) is 14.7. The molecule has 5 rings (SSSR count). The minimum absolute atomic E-state index is 0.0370. The van der Waals surface area contributed by atoms with Crippen molar-refractivity contribution in [1.82, 2.24) is 9.55 Å². The van der Waals surface area contributed by atoms with Gasteiger partial charge in [-0.1, -0.05) is 99.6 Å². The van der Waals surface area contributed by atoms with Crippen molar-refractivity contribution in [3.8, 4) is 0 Å². The molecule has 0 spiro atoms. The van der Waals surface area contributed by atoms with Crippen molar-refractivity contribution in [2.75, 3.05) is 18.5 Å². The predicted molar refractivity (Wildman–Crippen MR) is 170 cm³/mol. The third kappa shape index (κ3) is 6.55. The van der Waals surface area contributed by atoms with Gasteiger partial charge in [-0.05, 0) is 40.0 Å². The summed E-state index contributed by atoms with van der Waals surface area (Å²) in [5.74, 6) is -0.222. The number of amides is 1. The predicted octanol–water partition coefficient (Wildman–Crippen LogP) is 4.36. The fourth-order valence-corrected chi connectivity index (χ4v) is 10.7. The molecule has 2 N–H and O–H groups in total. The molecule has 3 atom stereocenters. The highest BCUT2D eigenvalue weighted by atomic mass is 28.4. The van der Waals surface area contributed by atoms with Crippen LogP contribution in [-0.4, -0.2) is 48.2 Å². The van der Waals surface area contributed by atoms with E-state index in [0.29, 0.717) is 25.0 Å². The molecule has 1 aliphatic rings. The van der Waals surface area contributed by atoms with Crippen LogP contribution < -0.4 is 21.4 Å². The topological polar surface area (TPSA) is 103 Å². The lowest BCUT2D eigenvalue weighted by Gasteiger charge is -2.43. The number of aliphatic hydroxyl groups is 1. The van der Waals surface area contributed by atoms with Crippen LogP contribution in [0.25, 0.3) is 0 Å². The normalized spacial score (nSPS) is 18.8. The molecule has 43 heavy (non-hydrogen) atoms. The Labute approximate surface area is 253 Å². The second-order valence-electron chi connectivity index (χ2n) is 11.9. The Morgan fingerprint density at radius 2 is 1.56 bits per heavy atom. The summed E-state index contributed by atoms with van der Waals surface area (Å²) >= 11 is 0. The van der Waals surface area contributed by atoms with E-state index >= 15 is 0 Å². The first kappa shape index (κ1) is 30.6. The smallest absolute Gasteiger partial charge is 0.351 e. The largest absolute Gasteiger partial charge is 0.407 e. The highest BCUT2D eigenvalue weighted by Gasteiger charge is 2.51. The molecule has 1 amide bonds. The Morgan fingerprint density at radius 3 is 2.09 bits per heavy atom. The van der Waals surface area contributed by atoms with Gasteiger partial charge >= 0.3 is 5.69 Å². The number of aliphatic hydroxyl groups excluding tert-OH is 1. The van der Waals surface area contributed by atoms with E-state index in [1.807, 2.05) is 18.2 Å². The number of benzene rings is 3. The molecule has 224 valence electrons. The zero-order valence-electron chi connectivity index (χ0n) is 24.9. The van der Waals surface area contributed by atoms with Crippen LogP contribution in [0.2, 0.25) is 5.04 Å². The third-order valence-electron chi connectivity index (χ3n) is 8.12. The molecule has 0 radical (unpaired) electrons. The molecule has 1 fully saturated rings. The lowest BCUT2D eigenvalue weighted by Crippen LogP contribution is -2.67. The van der Waals surface area contributed by atoms with E-state index in [0.717, 1.165) is 0 Å². The molecule has 0 aliphatic carbocycles. The monoisotopic (exact) mass is 597 g/mol. The number of aromatic nitrogens is 2. The van der Waals surface area contributed by atoms with Gasteiger partial charge < -0.3 is 19.6 Å². The molecule has 0 unspecified atom stereocenters. The Balaban J connectivity index is 1.38. The Bertz CT molecular complexity index is 1520. The molecule has 9 heteroatoms.